The highest BCUT2D eigenvalue weighted by Crippen LogP contribution is 2.26. The number of nitrogens with zero attached hydrogens (tertiary/aromatic N) is 2. The number of amides is 2. The van der Waals surface area contributed by atoms with Crippen LogP contribution in [-0.2, 0) is 4.74 Å². The summed E-state index contributed by atoms with van der Waals surface area (Å²) >= 11 is 2.23. The Bertz CT molecular complexity index is 746. The van der Waals surface area contributed by atoms with E-state index in [1.165, 1.54) is 7.11 Å². The summed E-state index contributed by atoms with van der Waals surface area (Å²) in [4.78, 5) is 27.7. The van der Waals surface area contributed by atoms with Crippen LogP contribution in [0.3, 0.4) is 0 Å². The normalized spacial score (nSPS) is 14.3. The maximum Gasteiger partial charge on any atom is 0.337 e. The van der Waals surface area contributed by atoms with Crippen molar-refractivity contribution >= 4 is 46.0 Å². The van der Waals surface area contributed by atoms with Gasteiger partial charge in [-0.1, -0.05) is 6.07 Å². The van der Waals surface area contributed by atoms with E-state index < -0.39 is 5.97 Å². The van der Waals surface area contributed by atoms with Gasteiger partial charge in [-0.15, -0.1) is 0 Å². The smallest absolute Gasteiger partial charge is 0.337 e. The minimum absolute atomic E-state index is 0.0896. The molecule has 0 aliphatic carbocycles. The Kier molecular flexibility index (Phi) is 4.51. The molecule has 0 radical (unpaired) electrons. The van der Waals surface area contributed by atoms with E-state index in [0.717, 1.165) is 9.26 Å². The molecule has 1 heterocycles. The van der Waals surface area contributed by atoms with Gasteiger partial charge in [-0.3, -0.25) is 9.80 Å². The molecule has 1 aliphatic heterocycles. The average molecular weight is 422 g/mol. The Morgan fingerprint density at radius 3 is 2.35 bits per heavy atom. The molecule has 5 nitrogen and oxygen atoms in total. The molecule has 0 bridgehead atoms. The second-order valence-corrected chi connectivity index (χ2v) is 6.35. The first-order valence-electron chi connectivity index (χ1n) is 7.13. The molecule has 0 atom stereocenters. The van der Waals surface area contributed by atoms with Crippen LogP contribution in [-0.4, -0.2) is 32.2 Å². The zero-order valence-corrected chi connectivity index (χ0v) is 14.7. The molecule has 2 aromatic carbocycles. The first kappa shape index (κ1) is 15.8. The van der Waals surface area contributed by atoms with E-state index in [9.17, 15) is 9.59 Å². The molecule has 118 valence electrons. The monoisotopic (exact) mass is 422 g/mol. The van der Waals surface area contributed by atoms with E-state index in [0.29, 0.717) is 24.3 Å². The lowest BCUT2D eigenvalue weighted by molar-refractivity contribution is 0.0600. The SMILES string of the molecule is COC(=O)c1cccc(N2CCN(c3ccc(I)cc3)C2=O)c1. The van der Waals surface area contributed by atoms with Crippen molar-refractivity contribution in [2.75, 3.05) is 30.0 Å². The second kappa shape index (κ2) is 6.57. The summed E-state index contributed by atoms with van der Waals surface area (Å²) in [5.41, 5.74) is 2.01. The van der Waals surface area contributed by atoms with Crippen LogP contribution < -0.4 is 9.80 Å². The maximum absolute atomic E-state index is 12.7. The van der Waals surface area contributed by atoms with Gasteiger partial charge < -0.3 is 4.74 Å². The topological polar surface area (TPSA) is 49.9 Å². The number of methoxy groups -OCH3 is 1. The highest BCUT2D eigenvalue weighted by Gasteiger charge is 2.30. The Morgan fingerprint density at radius 2 is 1.70 bits per heavy atom. The third-order valence-corrected chi connectivity index (χ3v) is 4.45. The number of ether oxygens (including phenoxy) is 1. The molecule has 2 amide bonds. The van der Waals surface area contributed by atoms with E-state index >= 15 is 0 Å². The molecular weight excluding hydrogens is 407 g/mol. The molecule has 0 unspecified atom stereocenters. The number of esters is 1. The average Bonchev–Trinajstić information content (AvgIpc) is 2.96. The number of urea groups is 1. The molecule has 23 heavy (non-hydrogen) atoms. The van der Waals surface area contributed by atoms with Crippen molar-refractivity contribution in [2.24, 2.45) is 0 Å². The summed E-state index contributed by atoms with van der Waals surface area (Å²) in [5, 5.41) is 0. The Hall–Kier alpha value is -2.09. The van der Waals surface area contributed by atoms with E-state index in [1.807, 2.05) is 30.3 Å². The zero-order valence-electron chi connectivity index (χ0n) is 12.5. The number of hydrogen-bond acceptors (Lipinski definition) is 3. The lowest BCUT2D eigenvalue weighted by atomic mass is 10.2. The fourth-order valence-electron chi connectivity index (χ4n) is 2.56. The van der Waals surface area contributed by atoms with Gasteiger partial charge in [0.1, 0.15) is 0 Å². The molecular formula is C17H15IN2O3. The zero-order chi connectivity index (χ0) is 16.4. The predicted octanol–water partition coefficient (Wildman–Crippen LogP) is 3.52. The van der Waals surface area contributed by atoms with Crippen LogP contribution in [0.25, 0.3) is 0 Å². The minimum Gasteiger partial charge on any atom is -0.465 e. The van der Waals surface area contributed by atoms with Crippen LogP contribution in [0, 0.1) is 3.57 Å². The van der Waals surface area contributed by atoms with E-state index in [4.69, 9.17) is 4.74 Å². The van der Waals surface area contributed by atoms with Gasteiger partial charge in [0.05, 0.1) is 12.7 Å². The van der Waals surface area contributed by atoms with Crippen molar-refractivity contribution in [3.8, 4) is 0 Å². The number of benzene rings is 2. The van der Waals surface area contributed by atoms with Crippen LogP contribution in [0.2, 0.25) is 0 Å². The lowest BCUT2D eigenvalue weighted by Crippen LogP contribution is -2.31. The van der Waals surface area contributed by atoms with E-state index in [-0.39, 0.29) is 6.03 Å². The van der Waals surface area contributed by atoms with Gasteiger partial charge in [0.2, 0.25) is 0 Å². The van der Waals surface area contributed by atoms with E-state index in [1.54, 1.807) is 28.0 Å². The van der Waals surface area contributed by atoms with Crippen molar-refractivity contribution in [3.63, 3.8) is 0 Å². The molecule has 0 spiro atoms. The van der Waals surface area contributed by atoms with Gasteiger partial charge in [-0.2, -0.15) is 0 Å². The van der Waals surface area contributed by atoms with Crippen molar-refractivity contribution < 1.29 is 14.3 Å². The molecule has 0 saturated carbocycles. The first-order valence-corrected chi connectivity index (χ1v) is 8.21. The summed E-state index contributed by atoms with van der Waals surface area (Å²) < 4.78 is 5.85. The Labute approximate surface area is 148 Å². The minimum atomic E-state index is -0.409. The number of carbonyl (C=O) groups excluding carboxylic acids is 2. The van der Waals surface area contributed by atoms with Gasteiger partial charge in [0, 0.05) is 28.0 Å². The molecule has 0 aromatic heterocycles. The third kappa shape index (κ3) is 3.17. The summed E-state index contributed by atoms with van der Waals surface area (Å²) in [7, 11) is 1.34. The van der Waals surface area contributed by atoms with Crippen LogP contribution in [0.1, 0.15) is 10.4 Å². The molecule has 1 fully saturated rings. The van der Waals surface area contributed by atoms with Gasteiger partial charge in [0.25, 0.3) is 0 Å². The van der Waals surface area contributed by atoms with Crippen LogP contribution in [0.5, 0.6) is 0 Å². The van der Waals surface area contributed by atoms with Crippen LogP contribution in [0.4, 0.5) is 16.2 Å². The van der Waals surface area contributed by atoms with Gasteiger partial charge in [-0.25, -0.2) is 9.59 Å². The molecule has 2 aromatic rings. The highest BCUT2D eigenvalue weighted by atomic mass is 127. The number of anilines is 2. The third-order valence-electron chi connectivity index (χ3n) is 3.73. The number of carbonyl (C=O) groups is 2. The van der Waals surface area contributed by atoms with Crippen molar-refractivity contribution in [3.05, 3.63) is 57.7 Å². The standard InChI is InChI=1S/C17H15IN2O3/c1-23-16(21)12-3-2-4-15(11-12)20-10-9-19(17(20)22)14-7-5-13(18)6-8-14/h2-8,11H,9-10H2,1H3. The molecule has 6 heteroatoms. The van der Waals surface area contributed by atoms with Crippen molar-refractivity contribution in [1.29, 1.82) is 0 Å². The summed E-state index contributed by atoms with van der Waals surface area (Å²) in [6.07, 6.45) is 0. The van der Waals surface area contributed by atoms with Crippen LogP contribution >= 0.6 is 22.6 Å². The Balaban J connectivity index is 1.84. The maximum atomic E-state index is 12.7. The number of rotatable bonds is 3. The largest absolute Gasteiger partial charge is 0.465 e. The molecule has 1 saturated heterocycles. The molecule has 3 rings (SSSR count). The molecule has 1 aliphatic rings. The fourth-order valence-corrected chi connectivity index (χ4v) is 2.92. The van der Waals surface area contributed by atoms with E-state index in [2.05, 4.69) is 22.6 Å². The molecule has 0 N–H and O–H groups in total. The highest BCUT2D eigenvalue weighted by molar-refractivity contribution is 14.1. The number of hydrogen-bond donors (Lipinski definition) is 0. The van der Waals surface area contributed by atoms with Gasteiger partial charge >= 0.3 is 12.0 Å². The predicted molar refractivity (Wildman–Crippen MR) is 97.0 cm³/mol. The quantitative estimate of drug-likeness (QED) is 0.562. The summed E-state index contributed by atoms with van der Waals surface area (Å²) in [6, 6.07) is 14.7. The van der Waals surface area contributed by atoms with Crippen molar-refractivity contribution in [1.82, 2.24) is 0 Å². The fraction of sp³-hybridized carbons (Fsp3) is 0.176. The Morgan fingerprint density at radius 1 is 1.04 bits per heavy atom. The lowest BCUT2D eigenvalue weighted by Gasteiger charge is -2.19. The van der Waals surface area contributed by atoms with Crippen LogP contribution in [0.15, 0.2) is 48.5 Å². The van der Waals surface area contributed by atoms with Gasteiger partial charge in [0.15, 0.2) is 0 Å². The number of halogens is 1. The van der Waals surface area contributed by atoms with Gasteiger partial charge in [-0.05, 0) is 65.1 Å². The first-order chi connectivity index (χ1) is 11.1. The summed E-state index contributed by atoms with van der Waals surface area (Å²) in [5.74, 6) is -0.409. The van der Waals surface area contributed by atoms with Crippen molar-refractivity contribution in [2.45, 2.75) is 0 Å². The summed E-state index contributed by atoms with van der Waals surface area (Å²) in [6.45, 7) is 1.19. The second-order valence-electron chi connectivity index (χ2n) is 5.10.